The third-order valence-corrected chi connectivity index (χ3v) is 2.86. The molecule has 17 heavy (non-hydrogen) atoms. The summed E-state index contributed by atoms with van der Waals surface area (Å²) in [4.78, 5) is 16.6. The first-order valence-corrected chi connectivity index (χ1v) is 5.51. The number of hydrogen-bond acceptors (Lipinski definition) is 6. The van der Waals surface area contributed by atoms with Crippen LogP contribution in [0.2, 0.25) is 0 Å². The zero-order chi connectivity index (χ0) is 12.3. The number of rotatable bonds is 3. The Hall–Kier alpha value is -1.73. The van der Waals surface area contributed by atoms with Crippen molar-refractivity contribution in [2.75, 3.05) is 31.1 Å². The van der Waals surface area contributed by atoms with Gasteiger partial charge >= 0.3 is 5.69 Å². The van der Waals surface area contributed by atoms with Gasteiger partial charge in [-0.25, -0.2) is 4.98 Å². The van der Waals surface area contributed by atoms with Gasteiger partial charge in [0.05, 0.1) is 11.0 Å². The second-order valence-corrected chi connectivity index (χ2v) is 3.89. The van der Waals surface area contributed by atoms with Gasteiger partial charge in [0.25, 0.3) is 0 Å². The highest BCUT2D eigenvalue weighted by atomic mass is 16.6. The molecule has 1 unspecified atom stereocenters. The summed E-state index contributed by atoms with van der Waals surface area (Å²) >= 11 is 0. The van der Waals surface area contributed by atoms with Crippen molar-refractivity contribution in [1.82, 2.24) is 10.3 Å². The molecule has 0 bridgehead atoms. The minimum atomic E-state index is -0.405. The molecule has 1 fully saturated rings. The van der Waals surface area contributed by atoms with Gasteiger partial charge in [-0.15, -0.1) is 0 Å². The molecule has 0 saturated carbocycles. The van der Waals surface area contributed by atoms with E-state index in [-0.39, 0.29) is 11.7 Å². The average molecular weight is 237 g/mol. The summed E-state index contributed by atoms with van der Waals surface area (Å²) in [6.07, 6.45) is 1.57. The van der Waals surface area contributed by atoms with Gasteiger partial charge in [-0.1, -0.05) is 0 Å². The summed E-state index contributed by atoms with van der Waals surface area (Å²) in [6, 6.07) is 3.09. The number of pyridine rings is 1. The van der Waals surface area contributed by atoms with Gasteiger partial charge < -0.3 is 16.0 Å². The van der Waals surface area contributed by atoms with E-state index >= 15 is 0 Å². The molecule has 1 aromatic heterocycles. The topological polar surface area (TPSA) is 97.3 Å². The Morgan fingerprint density at radius 3 is 3.24 bits per heavy atom. The molecule has 92 valence electrons. The first kappa shape index (κ1) is 11.7. The van der Waals surface area contributed by atoms with Crippen molar-refractivity contribution in [3.05, 3.63) is 28.4 Å². The molecule has 0 aromatic carbocycles. The van der Waals surface area contributed by atoms with E-state index in [1.165, 1.54) is 6.07 Å². The smallest absolute Gasteiger partial charge is 0.311 e. The van der Waals surface area contributed by atoms with Crippen LogP contribution in [0.1, 0.15) is 0 Å². The van der Waals surface area contributed by atoms with Crippen molar-refractivity contribution in [2.24, 2.45) is 5.73 Å². The van der Waals surface area contributed by atoms with Crippen LogP contribution in [0.5, 0.6) is 0 Å². The summed E-state index contributed by atoms with van der Waals surface area (Å²) in [6.45, 7) is 2.63. The lowest BCUT2D eigenvalue weighted by molar-refractivity contribution is -0.384. The van der Waals surface area contributed by atoms with Gasteiger partial charge in [0.15, 0.2) is 0 Å². The molecule has 3 N–H and O–H groups in total. The SMILES string of the molecule is NCC1CNCCN1c1ncccc1[N+](=O)[O-]. The van der Waals surface area contributed by atoms with Crippen molar-refractivity contribution >= 4 is 11.5 Å². The van der Waals surface area contributed by atoms with Gasteiger partial charge in [0, 0.05) is 38.4 Å². The minimum absolute atomic E-state index is 0.0350. The maximum Gasteiger partial charge on any atom is 0.311 e. The molecule has 1 atom stereocenters. The maximum atomic E-state index is 11.0. The number of nitrogens with two attached hydrogens (primary N) is 1. The van der Waals surface area contributed by atoms with Gasteiger partial charge in [0.1, 0.15) is 0 Å². The Labute approximate surface area is 98.8 Å². The average Bonchev–Trinajstić information content (AvgIpc) is 2.38. The second-order valence-electron chi connectivity index (χ2n) is 3.89. The Balaban J connectivity index is 2.34. The highest BCUT2D eigenvalue weighted by Crippen LogP contribution is 2.26. The molecule has 2 heterocycles. The van der Waals surface area contributed by atoms with Crippen LogP contribution >= 0.6 is 0 Å². The van der Waals surface area contributed by atoms with Crippen LogP contribution in [0.4, 0.5) is 11.5 Å². The highest BCUT2D eigenvalue weighted by molar-refractivity contribution is 5.58. The van der Waals surface area contributed by atoms with E-state index < -0.39 is 4.92 Å². The molecule has 7 heteroatoms. The molecular weight excluding hydrogens is 222 g/mol. The third-order valence-electron chi connectivity index (χ3n) is 2.86. The lowest BCUT2D eigenvalue weighted by Gasteiger charge is -2.35. The first-order chi connectivity index (χ1) is 8.24. The van der Waals surface area contributed by atoms with E-state index in [1.807, 2.05) is 4.90 Å². The summed E-state index contributed by atoms with van der Waals surface area (Å²) in [5.74, 6) is 0.412. The van der Waals surface area contributed by atoms with E-state index in [9.17, 15) is 10.1 Å². The molecule has 0 amide bonds. The van der Waals surface area contributed by atoms with Gasteiger partial charge in [-0.3, -0.25) is 10.1 Å². The standard InChI is InChI=1S/C10H15N5O2/c11-6-8-7-12-4-5-14(8)10-9(15(16)17)2-1-3-13-10/h1-3,8,12H,4-7,11H2. The predicted octanol–water partition coefficient (Wildman–Crippen LogP) is -0.273. The Morgan fingerprint density at radius 2 is 2.53 bits per heavy atom. The monoisotopic (exact) mass is 237 g/mol. The predicted molar refractivity (Wildman–Crippen MR) is 63.9 cm³/mol. The minimum Gasteiger partial charge on any atom is -0.344 e. The Kier molecular flexibility index (Phi) is 3.50. The van der Waals surface area contributed by atoms with E-state index in [0.717, 1.165) is 13.1 Å². The number of hydrogen-bond donors (Lipinski definition) is 2. The van der Waals surface area contributed by atoms with Crippen LogP contribution in [0.15, 0.2) is 18.3 Å². The molecule has 7 nitrogen and oxygen atoms in total. The lowest BCUT2D eigenvalue weighted by Crippen LogP contribution is -2.55. The fourth-order valence-corrected chi connectivity index (χ4v) is 2.00. The number of piperazine rings is 1. The molecule has 1 aliphatic heterocycles. The number of nitrogens with zero attached hydrogens (tertiary/aromatic N) is 3. The number of aromatic nitrogens is 1. The Morgan fingerprint density at radius 1 is 1.71 bits per heavy atom. The van der Waals surface area contributed by atoms with Crippen molar-refractivity contribution < 1.29 is 4.92 Å². The largest absolute Gasteiger partial charge is 0.344 e. The number of nitrogens with one attached hydrogen (secondary N) is 1. The zero-order valence-electron chi connectivity index (χ0n) is 9.37. The van der Waals surface area contributed by atoms with Gasteiger partial charge in [-0.2, -0.15) is 0 Å². The van der Waals surface area contributed by atoms with Crippen molar-refractivity contribution in [3.63, 3.8) is 0 Å². The maximum absolute atomic E-state index is 11.0. The number of anilines is 1. The lowest BCUT2D eigenvalue weighted by atomic mass is 10.2. The molecule has 1 aromatic rings. The highest BCUT2D eigenvalue weighted by Gasteiger charge is 2.27. The molecule has 0 aliphatic carbocycles. The van der Waals surface area contributed by atoms with Crippen molar-refractivity contribution in [1.29, 1.82) is 0 Å². The van der Waals surface area contributed by atoms with Gasteiger partial charge in [-0.05, 0) is 6.07 Å². The van der Waals surface area contributed by atoms with E-state index in [2.05, 4.69) is 10.3 Å². The van der Waals surface area contributed by atoms with Crippen LogP contribution in [0.3, 0.4) is 0 Å². The quantitative estimate of drug-likeness (QED) is 0.554. The molecule has 0 spiro atoms. The Bertz CT molecular complexity index is 411. The third kappa shape index (κ3) is 2.34. The normalized spacial score (nSPS) is 20.3. The van der Waals surface area contributed by atoms with Gasteiger partial charge in [0.2, 0.25) is 5.82 Å². The van der Waals surface area contributed by atoms with Crippen LogP contribution in [-0.4, -0.2) is 42.1 Å². The summed E-state index contributed by atoms with van der Waals surface area (Å²) in [5, 5.41) is 14.2. The summed E-state index contributed by atoms with van der Waals surface area (Å²) < 4.78 is 0. The van der Waals surface area contributed by atoms with Crippen molar-refractivity contribution in [3.8, 4) is 0 Å². The van der Waals surface area contributed by atoms with Crippen LogP contribution < -0.4 is 16.0 Å². The van der Waals surface area contributed by atoms with E-state index in [1.54, 1.807) is 12.3 Å². The summed E-state index contributed by atoms with van der Waals surface area (Å²) in [5.41, 5.74) is 5.71. The van der Waals surface area contributed by atoms with E-state index in [0.29, 0.717) is 18.9 Å². The second kappa shape index (κ2) is 5.07. The molecular formula is C10H15N5O2. The van der Waals surface area contributed by atoms with Crippen LogP contribution in [-0.2, 0) is 0 Å². The molecule has 1 saturated heterocycles. The summed E-state index contributed by atoms with van der Waals surface area (Å²) in [7, 11) is 0. The molecule has 1 aliphatic rings. The van der Waals surface area contributed by atoms with Crippen molar-refractivity contribution in [2.45, 2.75) is 6.04 Å². The van der Waals surface area contributed by atoms with Crippen LogP contribution in [0, 0.1) is 10.1 Å². The van der Waals surface area contributed by atoms with E-state index in [4.69, 9.17) is 5.73 Å². The fraction of sp³-hybridized carbons (Fsp3) is 0.500. The molecule has 2 rings (SSSR count). The fourth-order valence-electron chi connectivity index (χ4n) is 2.00. The molecule has 0 radical (unpaired) electrons. The van der Waals surface area contributed by atoms with Crippen LogP contribution in [0.25, 0.3) is 0 Å². The zero-order valence-corrected chi connectivity index (χ0v) is 9.37. The first-order valence-electron chi connectivity index (χ1n) is 5.51. The number of nitro groups is 1.